The molecule has 1 N–H and O–H groups in total. The molecule has 1 heterocycles. The van der Waals surface area contributed by atoms with Crippen molar-refractivity contribution in [3.8, 4) is 6.07 Å². The Hall–Kier alpha value is -2.56. The minimum absolute atomic E-state index is 0.0138. The van der Waals surface area contributed by atoms with Crippen molar-refractivity contribution in [1.82, 2.24) is 10.3 Å². The number of rotatable bonds is 13. The van der Waals surface area contributed by atoms with Crippen molar-refractivity contribution in [3.05, 3.63) is 40.4 Å². The number of halogens is 1. The third kappa shape index (κ3) is 7.76. The highest BCUT2D eigenvalue weighted by atomic mass is 35.5. The van der Waals surface area contributed by atoms with Crippen molar-refractivity contribution in [2.24, 2.45) is 11.8 Å². The first-order valence-corrected chi connectivity index (χ1v) is 12.4. The number of thiazole rings is 1. The summed E-state index contributed by atoms with van der Waals surface area (Å²) in [5, 5.41) is 13.3. The normalized spacial score (nSPS) is 13.7. The van der Waals surface area contributed by atoms with E-state index in [-0.39, 0.29) is 47.8 Å². The summed E-state index contributed by atoms with van der Waals surface area (Å²) in [5.41, 5.74) is 0.737. The van der Waals surface area contributed by atoms with E-state index in [0.717, 1.165) is 21.6 Å². The summed E-state index contributed by atoms with van der Waals surface area (Å²) in [6.07, 6.45) is 2.21. The van der Waals surface area contributed by atoms with Gasteiger partial charge in [-0.3, -0.25) is 14.4 Å². The number of fused-ring (bicyclic) bond motifs is 1. The van der Waals surface area contributed by atoms with E-state index < -0.39 is 5.92 Å². The summed E-state index contributed by atoms with van der Waals surface area (Å²) in [4.78, 5) is 42.2. The third-order valence-corrected chi connectivity index (χ3v) is 7.14. The molecule has 176 valence electrons. The standard InChI is InChI=1S/C25H30ClN3O3S/c1-5-15(3)20(9-10-22(31)16(4)14-27)29-25(32)17(11-19(30)6-2)12-24-28-21-8-7-18(26)13-23(21)33-24/h7-8,13,15,17,20H,4-6,9-12H2,1-3H3,(H,29,32)/t15-,17-,20+/m0/s1. The molecule has 1 amide bonds. The number of carbonyl (C=O) groups is 3. The van der Waals surface area contributed by atoms with Gasteiger partial charge in [0.05, 0.1) is 26.7 Å². The largest absolute Gasteiger partial charge is 0.353 e. The molecule has 0 radical (unpaired) electrons. The maximum Gasteiger partial charge on any atom is 0.224 e. The van der Waals surface area contributed by atoms with Crippen LogP contribution in [-0.2, 0) is 20.8 Å². The predicted molar refractivity (Wildman–Crippen MR) is 132 cm³/mol. The summed E-state index contributed by atoms with van der Waals surface area (Å²) >= 11 is 7.55. The van der Waals surface area contributed by atoms with Crippen molar-refractivity contribution in [1.29, 1.82) is 5.26 Å². The Kier molecular flexibility index (Phi) is 10.2. The molecule has 33 heavy (non-hydrogen) atoms. The Bertz CT molecular complexity index is 1070. The Morgan fingerprint density at radius 1 is 1.30 bits per heavy atom. The van der Waals surface area contributed by atoms with Crippen LogP contribution in [0.2, 0.25) is 5.02 Å². The van der Waals surface area contributed by atoms with E-state index in [1.54, 1.807) is 19.1 Å². The Morgan fingerprint density at radius 2 is 2.03 bits per heavy atom. The lowest BCUT2D eigenvalue weighted by atomic mass is 9.91. The minimum atomic E-state index is -0.551. The molecule has 6 nitrogen and oxygen atoms in total. The second-order valence-corrected chi connectivity index (χ2v) is 9.82. The lowest BCUT2D eigenvalue weighted by molar-refractivity contribution is -0.130. The zero-order valence-corrected chi connectivity index (χ0v) is 20.9. The van der Waals surface area contributed by atoms with Gasteiger partial charge in [0.1, 0.15) is 11.9 Å². The molecule has 1 aromatic carbocycles. The maximum absolute atomic E-state index is 13.3. The molecular formula is C25H30ClN3O3S. The van der Waals surface area contributed by atoms with Crippen molar-refractivity contribution in [2.75, 3.05) is 0 Å². The molecule has 0 unspecified atom stereocenters. The van der Waals surface area contributed by atoms with Crippen molar-refractivity contribution in [3.63, 3.8) is 0 Å². The molecule has 0 fully saturated rings. The molecule has 0 saturated carbocycles. The fourth-order valence-electron chi connectivity index (χ4n) is 3.50. The number of amides is 1. The number of nitriles is 1. The van der Waals surface area contributed by atoms with Crippen LogP contribution in [0.25, 0.3) is 10.2 Å². The predicted octanol–water partition coefficient (Wildman–Crippen LogP) is 5.44. The van der Waals surface area contributed by atoms with Crippen LogP contribution in [0.1, 0.15) is 57.9 Å². The fourth-order valence-corrected chi connectivity index (χ4v) is 4.83. The second kappa shape index (κ2) is 12.6. The van der Waals surface area contributed by atoms with Crippen molar-refractivity contribution in [2.45, 2.75) is 65.3 Å². The fraction of sp³-hybridized carbons (Fsp3) is 0.480. The molecule has 0 saturated heterocycles. The van der Waals surface area contributed by atoms with Crippen LogP contribution in [0.4, 0.5) is 0 Å². The van der Waals surface area contributed by atoms with Gasteiger partial charge >= 0.3 is 0 Å². The smallest absolute Gasteiger partial charge is 0.224 e. The van der Waals surface area contributed by atoms with Gasteiger partial charge in [-0.25, -0.2) is 4.98 Å². The SMILES string of the molecule is C=C(C#N)C(=O)CC[C@@H](NC(=O)[C@@H](CC(=O)CC)Cc1nc2ccc(Cl)cc2s1)[C@@H](C)CC. The zero-order valence-electron chi connectivity index (χ0n) is 19.3. The van der Waals surface area contributed by atoms with Gasteiger partial charge < -0.3 is 5.32 Å². The van der Waals surface area contributed by atoms with Crippen LogP contribution < -0.4 is 5.32 Å². The van der Waals surface area contributed by atoms with Crippen LogP contribution in [0, 0.1) is 23.2 Å². The Balaban J connectivity index is 2.18. The molecule has 1 aromatic heterocycles. The lowest BCUT2D eigenvalue weighted by Crippen LogP contribution is -2.43. The quantitative estimate of drug-likeness (QED) is 0.299. The molecule has 0 aliphatic rings. The van der Waals surface area contributed by atoms with Gasteiger partial charge in [0.2, 0.25) is 5.91 Å². The first-order valence-electron chi connectivity index (χ1n) is 11.2. The molecule has 2 aromatic rings. The lowest BCUT2D eigenvalue weighted by Gasteiger charge is -2.26. The molecule has 2 rings (SSSR count). The summed E-state index contributed by atoms with van der Waals surface area (Å²) in [6.45, 7) is 9.28. The van der Waals surface area contributed by atoms with Gasteiger partial charge in [-0.1, -0.05) is 45.4 Å². The van der Waals surface area contributed by atoms with Crippen molar-refractivity contribution < 1.29 is 14.4 Å². The van der Waals surface area contributed by atoms with Gasteiger partial charge in [-0.2, -0.15) is 5.26 Å². The molecule has 8 heteroatoms. The summed E-state index contributed by atoms with van der Waals surface area (Å²) < 4.78 is 0.937. The first-order chi connectivity index (χ1) is 15.7. The highest BCUT2D eigenvalue weighted by Crippen LogP contribution is 2.28. The zero-order chi connectivity index (χ0) is 24.5. The van der Waals surface area contributed by atoms with E-state index in [9.17, 15) is 14.4 Å². The topological polar surface area (TPSA) is 99.9 Å². The average Bonchev–Trinajstić information content (AvgIpc) is 3.20. The second-order valence-electron chi connectivity index (χ2n) is 8.27. The molecule has 0 bridgehead atoms. The van der Waals surface area contributed by atoms with Crippen LogP contribution in [-0.4, -0.2) is 28.5 Å². The minimum Gasteiger partial charge on any atom is -0.353 e. The molecular weight excluding hydrogens is 458 g/mol. The number of nitrogens with zero attached hydrogens (tertiary/aromatic N) is 2. The molecule has 0 aliphatic carbocycles. The number of ketones is 2. The Morgan fingerprint density at radius 3 is 2.67 bits per heavy atom. The molecule has 0 aliphatic heterocycles. The first kappa shape index (κ1) is 26.7. The summed E-state index contributed by atoms with van der Waals surface area (Å²) in [5.74, 6) is -0.939. The highest BCUT2D eigenvalue weighted by molar-refractivity contribution is 7.18. The highest BCUT2D eigenvalue weighted by Gasteiger charge is 2.27. The van der Waals surface area contributed by atoms with E-state index in [4.69, 9.17) is 16.9 Å². The number of hydrogen-bond acceptors (Lipinski definition) is 6. The van der Waals surface area contributed by atoms with E-state index in [1.165, 1.54) is 11.3 Å². The summed E-state index contributed by atoms with van der Waals surface area (Å²) in [6, 6.07) is 6.99. The average molecular weight is 488 g/mol. The number of nitrogens with one attached hydrogen (secondary N) is 1. The van der Waals surface area contributed by atoms with E-state index in [1.807, 2.05) is 26.0 Å². The van der Waals surface area contributed by atoms with Gasteiger partial charge in [-0.15, -0.1) is 11.3 Å². The Labute approximate surface area is 204 Å². The van der Waals surface area contributed by atoms with Crippen LogP contribution >= 0.6 is 22.9 Å². The number of benzene rings is 1. The van der Waals surface area contributed by atoms with Crippen molar-refractivity contribution >= 4 is 50.6 Å². The summed E-state index contributed by atoms with van der Waals surface area (Å²) in [7, 11) is 0. The van der Waals surface area contributed by atoms with Crippen LogP contribution in [0.15, 0.2) is 30.4 Å². The number of Topliss-reactive ketones (excluding diaryl/α,β-unsaturated/α-hetero) is 2. The van der Waals surface area contributed by atoms with Gasteiger partial charge in [-0.05, 0) is 30.5 Å². The van der Waals surface area contributed by atoms with Gasteiger partial charge in [0.25, 0.3) is 0 Å². The van der Waals surface area contributed by atoms with E-state index in [2.05, 4.69) is 16.9 Å². The maximum atomic E-state index is 13.3. The third-order valence-electron chi connectivity index (χ3n) is 5.87. The molecule has 0 spiro atoms. The van der Waals surface area contributed by atoms with E-state index in [0.29, 0.717) is 24.3 Å². The van der Waals surface area contributed by atoms with Gasteiger partial charge in [0, 0.05) is 36.7 Å². The number of carbonyl (C=O) groups excluding carboxylic acids is 3. The number of hydrogen-bond donors (Lipinski definition) is 1. The number of allylic oxidation sites excluding steroid dienone is 1. The van der Waals surface area contributed by atoms with Gasteiger partial charge in [0.15, 0.2) is 5.78 Å². The van der Waals surface area contributed by atoms with E-state index >= 15 is 0 Å². The number of aromatic nitrogens is 1. The van der Waals surface area contributed by atoms with Crippen LogP contribution in [0.3, 0.4) is 0 Å². The monoisotopic (exact) mass is 487 g/mol. The molecule has 3 atom stereocenters. The van der Waals surface area contributed by atoms with Crippen LogP contribution in [0.5, 0.6) is 0 Å².